The molecule has 0 saturated carbocycles. The molecular weight excluding hydrogens is 314 g/mol. The van der Waals surface area contributed by atoms with Gasteiger partial charge in [0.05, 0.1) is 7.11 Å². The largest absolute Gasteiger partial charge is 0.497 e. The molecule has 2 aromatic rings. The molecule has 0 heterocycles. The first kappa shape index (κ1) is 15.1. The van der Waals surface area contributed by atoms with Crippen LogP contribution in [0.1, 0.15) is 24.1 Å². The third-order valence-electron chi connectivity index (χ3n) is 3.59. The highest BCUT2D eigenvalue weighted by Crippen LogP contribution is 2.28. The number of benzene rings is 2. The Labute approximate surface area is 129 Å². The predicted molar refractivity (Wildman–Crippen MR) is 86.9 cm³/mol. The number of rotatable bonds is 5. The van der Waals surface area contributed by atoms with Crippen molar-refractivity contribution < 1.29 is 4.74 Å². The van der Waals surface area contributed by atoms with Gasteiger partial charge >= 0.3 is 0 Å². The predicted octanol–water partition coefficient (Wildman–Crippen LogP) is 4.34. The summed E-state index contributed by atoms with van der Waals surface area (Å²) in [6.45, 7) is 2.18. The first-order valence-corrected chi connectivity index (χ1v) is 7.54. The van der Waals surface area contributed by atoms with E-state index < -0.39 is 0 Å². The smallest absolute Gasteiger partial charge is 0.119 e. The molecule has 0 saturated heterocycles. The van der Waals surface area contributed by atoms with Gasteiger partial charge in [-0.2, -0.15) is 0 Å². The minimum Gasteiger partial charge on any atom is -0.497 e. The molecule has 2 atom stereocenters. The van der Waals surface area contributed by atoms with Crippen molar-refractivity contribution in [2.45, 2.75) is 19.4 Å². The summed E-state index contributed by atoms with van der Waals surface area (Å²) in [7, 11) is 1.69. The van der Waals surface area contributed by atoms with Crippen LogP contribution in [0.3, 0.4) is 0 Å². The first-order valence-electron chi connectivity index (χ1n) is 6.74. The summed E-state index contributed by atoms with van der Waals surface area (Å²) < 4.78 is 6.39. The molecule has 2 N–H and O–H groups in total. The number of methoxy groups -OCH3 is 1. The molecule has 3 heteroatoms. The van der Waals surface area contributed by atoms with Crippen molar-refractivity contribution in [3.05, 3.63) is 64.1 Å². The lowest BCUT2D eigenvalue weighted by Crippen LogP contribution is -2.21. The van der Waals surface area contributed by atoms with Crippen molar-refractivity contribution in [3.8, 4) is 5.75 Å². The molecule has 0 aliphatic rings. The number of ether oxygens (including phenoxy) is 1. The second kappa shape index (κ2) is 6.91. The van der Waals surface area contributed by atoms with Gasteiger partial charge in [-0.05, 0) is 41.7 Å². The first-order chi connectivity index (χ1) is 9.61. The molecule has 20 heavy (non-hydrogen) atoms. The van der Waals surface area contributed by atoms with Gasteiger partial charge < -0.3 is 10.5 Å². The summed E-state index contributed by atoms with van der Waals surface area (Å²) in [5, 5.41) is 0. The lowest BCUT2D eigenvalue weighted by Gasteiger charge is -2.21. The molecule has 2 aromatic carbocycles. The van der Waals surface area contributed by atoms with E-state index in [1.54, 1.807) is 7.11 Å². The monoisotopic (exact) mass is 333 g/mol. The second-order valence-corrected chi connectivity index (χ2v) is 5.93. The summed E-state index contributed by atoms with van der Waals surface area (Å²) in [5.74, 6) is 1.23. The van der Waals surface area contributed by atoms with Crippen LogP contribution in [0, 0.1) is 5.92 Å². The van der Waals surface area contributed by atoms with Gasteiger partial charge in [0.25, 0.3) is 0 Å². The average Bonchev–Trinajstić information content (AvgIpc) is 2.49. The van der Waals surface area contributed by atoms with E-state index in [0.29, 0.717) is 5.92 Å². The maximum Gasteiger partial charge on any atom is 0.119 e. The van der Waals surface area contributed by atoms with E-state index in [1.165, 1.54) is 11.1 Å². The number of hydrogen-bond donors (Lipinski definition) is 1. The maximum absolute atomic E-state index is 6.36. The highest BCUT2D eigenvalue weighted by atomic mass is 79.9. The van der Waals surface area contributed by atoms with Crippen LogP contribution in [0.2, 0.25) is 0 Å². The summed E-state index contributed by atoms with van der Waals surface area (Å²) in [4.78, 5) is 0. The molecule has 0 spiro atoms. The van der Waals surface area contributed by atoms with Gasteiger partial charge in [-0.1, -0.05) is 53.2 Å². The lowest BCUT2D eigenvalue weighted by molar-refractivity contribution is 0.412. The third kappa shape index (κ3) is 3.62. The fourth-order valence-corrected chi connectivity index (χ4v) is 2.72. The highest BCUT2D eigenvalue weighted by molar-refractivity contribution is 9.10. The topological polar surface area (TPSA) is 35.2 Å². The van der Waals surface area contributed by atoms with E-state index in [2.05, 4.69) is 41.1 Å². The Kier molecular flexibility index (Phi) is 5.21. The van der Waals surface area contributed by atoms with Crippen molar-refractivity contribution in [1.82, 2.24) is 0 Å². The molecule has 106 valence electrons. The van der Waals surface area contributed by atoms with Crippen LogP contribution >= 0.6 is 15.9 Å². The Morgan fingerprint density at radius 1 is 1.15 bits per heavy atom. The van der Waals surface area contributed by atoms with Gasteiger partial charge in [0.2, 0.25) is 0 Å². The molecule has 0 aromatic heterocycles. The molecule has 0 radical (unpaired) electrons. The van der Waals surface area contributed by atoms with E-state index >= 15 is 0 Å². The van der Waals surface area contributed by atoms with Gasteiger partial charge in [-0.15, -0.1) is 0 Å². The van der Waals surface area contributed by atoms with E-state index in [0.717, 1.165) is 16.6 Å². The minimum atomic E-state index is 0.0364. The molecule has 0 bridgehead atoms. The number of nitrogens with two attached hydrogens (primary N) is 1. The Morgan fingerprint density at radius 2 is 1.85 bits per heavy atom. The molecule has 0 amide bonds. The maximum atomic E-state index is 6.36. The normalized spacial score (nSPS) is 13.8. The van der Waals surface area contributed by atoms with Gasteiger partial charge in [0, 0.05) is 10.5 Å². The standard InChI is InChI=1S/C17H20BrNO/c1-12(17(19)13-6-4-3-5-7-13)10-14-11-15(20-2)8-9-16(14)18/h3-9,11-12,17H,10,19H2,1-2H3. The van der Waals surface area contributed by atoms with E-state index in [1.807, 2.05) is 30.3 Å². The van der Waals surface area contributed by atoms with Crippen LogP contribution in [0.4, 0.5) is 0 Å². The SMILES string of the molecule is COc1ccc(Br)c(CC(C)C(N)c2ccccc2)c1. The zero-order valence-corrected chi connectivity index (χ0v) is 13.4. The molecule has 0 fully saturated rings. The number of hydrogen-bond acceptors (Lipinski definition) is 2. The van der Waals surface area contributed by atoms with Crippen LogP contribution < -0.4 is 10.5 Å². The Morgan fingerprint density at radius 3 is 2.50 bits per heavy atom. The Balaban J connectivity index is 2.13. The summed E-state index contributed by atoms with van der Waals surface area (Å²) in [6, 6.07) is 16.3. The van der Waals surface area contributed by atoms with Crippen molar-refractivity contribution in [1.29, 1.82) is 0 Å². The van der Waals surface area contributed by atoms with Gasteiger partial charge in [-0.3, -0.25) is 0 Å². The van der Waals surface area contributed by atoms with Crippen molar-refractivity contribution in [2.75, 3.05) is 7.11 Å². The second-order valence-electron chi connectivity index (χ2n) is 5.08. The van der Waals surface area contributed by atoms with Crippen LogP contribution in [-0.4, -0.2) is 7.11 Å². The van der Waals surface area contributed by atoms with Gasteiger partial charge in [0.1, 0.15) is 5.75 Å². The van der Waals surface area contributed by atoms with E-state index in [-0.39, 0.29) is 6.04 Å². The molecular formula is C17H20BrNO. The number of halogens is 1. The summed E-state index contributed by atoms with van der Waals surface area (Å²) >= 11 is 3.60. The van der Waals surface area contributed by atoms with Crippen LogP contribution in [0.25, 0.3) is 0 Å². The highest BCUT2D eigenvalue weighted by Gasteiger charge is 2.16. The van der Waals surface area contributed by atoms with Gasteiger partial charge in [-0.25, -0.2) is 0 Å². The van der Waals surface area contributed by atoms with Crippen molar-refractivity contribution in [3.63, 3.8) is 0 Å². The van der Waals surface area contributed by atoms with Crippen molar-refractivity contribution >= 4 is 15.9 Å². The zero-order valence-electron chi connectivity index (χ0n) is 11.8. The summed E-state index contributed by atoms with van der Waals surface area (Å²) in [5.41, 5.74) is 8.77. The third-order valence-corrected chi connectivity index (χ3v) is 4.37. The van der Waals surface area contributed by atoms with E-state index in [9.17, 15) is 0 Å². The quantitative estimate of drug-likeness (QED) is 0.883. The molecule has 2 unspecified atom stereocenters. The molecule has 2 rings (SSSR count). The Hall–Kier alpha value is -1.32. The lowest BCUT2D eigenvalue weighted by atomic mass is 9.90. The van der Waals surface area contributed by atoms with Crippen molar-refractivity contribution in [2.24, 2.45) is 11.7 Å². The van der Waals surface area contributed by atoms with Crippen LogP contribution in [-0.2, 0) is 6.42 Å². The summed E-state index contributed by atoms with van der Waals surface area (Å²) in [6.07, 6.45) is 0.911. The fraction of sp³-hybridized carbons (Fsp3) is 0.294. The Bertz CT molecular complexity index is 556. The fourth-order valence-electron chi connectivity index (χ4n) is 2.31. The minimum absolute atomic E-state index is 0.0364. The average molecular weight is 334 g/mol. The van der Waals surface area contributed by atoms with Crippen LogP contribution in [0.15, 0.2) is 53.0 Å². The van der Waals surface area contributed by atoms with E-state index in [4.69, 9.17) is 10.5 Å². The van der Waals surface area contributed by atoms with Crippen LogP contribution in [0.5, 0.6) is 5.75 Å². The molecule has 0 aliphatic heterocycles. The molecule has 2 nitrogen and oxygen atoms in total. The van der Waals surface area contributed by atoms with Gasteiger partial charge in [0.15, 0.2) is 0 Å². The molecule has 0 aliphatic carbocycles. The zero-order chi connectivity index (χ0) is 14.5.